The predicted octanol–water partition coefficient (Wildman–Crippen LogP) is 6.52. The first-order valence-corrected chi connectivity index (χ1v) is 12.4. The van der Waals surface area contributed by atoms with E-state index in [1.165, 1.54) is 10.3 Å². The van der Waals surface area contributed by atoms with Crippen LogP contribution in [0.25, 0.3) is 32.3 Å². The third-order valence-corrected chi connectivity index (χ3v) is 7.68. The SMILES string of the molecule is S=c1sc2ccccc2n1CSc1nnc2c3ccccc3n(Cc3ccccc3)c2n1. The van der Waals surface area contributed by atoms with Gasteiger partial charge in [-0.3, -0.25) is 0 Å². The van der Waals surface area contributed by atoms with Crippen LogP contribution in [0.2, 0.25) is 0 Å². The summed E-state index contributed by atoms with van der Waals surface area (Å²) in [5.41, 5.74) is 5.16. The summed E-state index contributed by atoms with van der Waals surface area (Å²) >= 11 is 8.77. The fraction of sp³-hybridized carbons (Fsp3) is 0.0833. The molecule has 0 fully saturated rings. The molecule has 0 aliphatic heterocycles. The van der Waals surface area contributed by atoms with Crippen molar-refractivity contribution in [2.45, 2.75) is 17.6 Å². The first-order chi connectivity index (χ1) is 15.8. The summed E-state index contributed by atoms with van der Waals surface area (Å²) in [6.45, 7) is 0.730. The van der Waals surface area contributed by atoms with Gasteiger partial charge < -0.3 is 9.13 Å². The maximum atomic E-state index is 5.59. The minimum atomic E-state index is 0.645. The van der Waals surface area contributed by atoms with Crippen LogP contribution in [-0.4, -0.2) is 24.3 Å². The third kappa shape index (κ3) is 3.40. The Morgan fingerprint density at radius 1 is 0.812 bits per heavy atom. The Morgan fingerprint density at radius 2 is 1.56 bits per heavy atom. The zero-order chi connectivity index (χ0) is 21.5. The van der Waals surface area contributed by atoms with Gasteiger partial charge in [0.05, 0.1) is 21.6 Å². The van der Waals surface area contributed by atoms with Gasteiger partial charge in [0.25, 0.3) is 0 Å². The van der Waals surface area contributed by atoms with E-state index in [9.17, 15) is 0 Å². The van der Waals surface area contributed by atoms with E-state index < -0.39 is 0 Å². The van der Waals surface area contributed by atoms with E-state index in [0.29, 0.717) is 11.0 Å². The maximum absolute atomic E-state index is 5.59. The van der Waals surface area contributed by atoms with Gasteiger partial charge in [0.1, 0.15) is 5.52 Å². The molecule has 8 heteroatoms. The van der Waals surface area contributed by atoms with Crippen molar-refractivity contribution in [3.8, 4) is 0 Å². The average molecular weight is 472 g/mol. The Hall–Kier alpha value is -3.07. The van der Waals surface area contributed by atoms with Gasteiger partial charge in [0.2, 0.25) is 5.16 Å². The van der Waals surface area contributed by atoms with Gasteiger partial charge in [0.15, 0.2) is 9.60 Å². The number of nitrogens with zero attached hydrogens (tertiary/aromatic N) is 5. The molecule has 0 bridgehead atoms. The second-order valence-electron chi connectivity index (χ2n) is 7.39. The topological polar surface area (TPSA) is 48.5 Å². The van der Waals surface area contributed by atoms with E-state index in [4.69, 9.17) is 17.2 Å². The van der Waals surface area contributed by atoms with Gasteiger partial charge in [-0.2, -0.15) is 0 Å². The number of thiazole rings is 1. The van der Waals surface area contributed by atoms with Gasteiger partial charge in [-0.25, -0.2) is 4.98 Å². The highest BCUT2D eigenvalue weighted by Gasteiger charge is 2.15. The zero-order valence-corrected chi connectivity index (χ0v) is 19.3. The molecule has 32 heavy (non-hydrogen) atoms. The van der Waals surface area contributed by atoms with Crippen LogP contribution in [0, 0.1) is 3.95 Å². The first-order valence-electron chi connectivity index (χ1n) is 10.1. The number of hydrogen-bond acceptors (Lipinski definition) is 6. The summed E-state index contributed by atoms with van der Waals surface area (Å²) < 4.78 is 6.40. The van der Waals surface area contributed by atoms with Crippen molar-refractivity contribution in [3.05, 3.63) is 88.4 Å². The molecule has 5 nitrogen and oxygen atoms in total. The molecule has 156 valence electrons. The Balaban J connectivity index is 1.41. The van der Waals surface area contributed by atoms with Gasteiger partial charge in [-0.1, -0.05) is 72.4 Å². The molecule has 0 saturated carbocycles. The normalized spacial score (nSPS) is 11.6. The largest absolute Gasteiger partial charge is 0.319 e. The number of rotatable bonds is 5. The lowest BCUT2D eigenvalue weighted by atomic mass is 10.2. The minimum absolute atomic E-state index is 0.645. The van der Waals surface area contributed by atoms with E-state index in [0.717, 1.165) is 38.1 Å². The molecule has 0 aliphatic rings. The highest BCUT2D eigenvalue weighted by molar-refractivity contribution is 7.98. The molecule has 0 N–H and O–H groups in total. The second kappa shape index (κ2) is 8.12. The van der Waals surface area contributed by atoms with Crippen LogP contribution in [0.5, 0.6) is 0 Å². The van der Waals surface area contributed by atoms with Gasteiger partial charge in [-0.05, 0) is 36.0 Å². The summed E-state index contributed by atoms with van der Waals surface area (Å²) in [6.07, 6.45) is 0. The monoisotopic (exact) mass is 471 g/mol. The quantitative estimate of drug-likeness (QED) is 0.211. The van der Waals surface area contributed by atoms with Gasteiger partial charge >= 0.3 is 0 Å². The Labute approximate surface area is 197 Å². The lowest BCUT2D eigenvalue weighted by molar-refractivity contribution is 0.810. The second-order valence-corrected chi connectivity index (χ2v) is 9.98. The molecular formula is C24H17N5S3. The maximum Gasteiger partial charge on any atom is 0.212 e. The van der Waals surface area contributed by atoms with Crippen LogP contribution in [0.3, 0.4) is 0 Å². The van der Waals surface area contributed by atoms with Crippen LogP contribution in [-0.2, 0) is 12.4 Å². The molecule has 3 heterocycles. The molecule has 6 aromatic rings. The minimum Gasteiger partial charge on any atom is -0.319 e. The standard InChI is InChI=1S/C24H17N5S3/c30-24-29(19-12-6-7-13-20(19)32-24)15-31-23-25-22-21(26-27-23)17-10-4-5-11-18(17)28(22)14-16-8-2-1-3-9-16/h1-13H,14-15H2. The molecule has 0 amide bonds. The predicted molar refractivity (Wildman–Crippen MR) is 135 cm³/mol. The summed E-state index contributed by atoms with van der Waals surface area (Å²) in [4.78, 5) is 4.93. The highest BCUT2D eigenvalue weighted by Crippen LogP contribution is 2.30. The molecule has 0 spiro atoms. The number of para-hydroxylation sites is 2. The lowest BCUT2D eigenvalue weighted by Crippen LogP contribution is -2.03. The van der Waals surface area contributed by atoms with Crippen molar-refractivity contribution in [1.82, 2.24) is 24.3 Å². The zero-order valence-electron chi connectivity index (χ0n) is 16.9. The Kier molecular flexibility index (Phi) is 4.98. The molecule has 0 aliphatic carbocycles. The smallest absolute Gasteiger partial charge is 0.212 e. The van der Waals surface area contributed by atoms with E-state index in [1.807, 2.05) is 24.3 Å². The van der Waals surface area contributed by atoms with Crippen molar-refractivity contribution in [2.75, 3.05) is 0 Å². The fourth-order valence-electron chi connectivity index (χ4n) is 3.93. The summed E-state index contributed by atoms with van der Waals surface area (Å²) in [5, 5.41) is 10.7. The summed E-state index contributed by atoms with van der Waals surface area (Å²) in [7, 11) is 0. The molecule has 0 radical (unpaired) electrons. The number of thioether (sulfide) groups is 1. The Bertz CT molecular complexity index is 1630. The molecule has 0 atom stereocenters. The van der Waals surface area contributed by atoms with E-state index in [2.05, 4.69) is 73.9 Å². The molecule has 6 rings (SSSR count). The summed E-state index contributed by atoms with van der Waals surface area (Å²) in [5.74, 6) is 0.648. The average Bonchev–Trinajstić information content (AvgIpc) is 3.32. The highest BCUT2D eigenvalue weighted by atomic mass is 32.2. The van der Waals surface area contributed by atoms with Gasteiger partial charge in [0, 0.05) is 11.9 Å². The fourth-order valence-corrected chi connectivity index (χ4v) is 6.18. The lowest BCUT2D eigenvalue weighted by Gasteiger charge is -2.07. The van der Waals surface area contributed by atoms with Crippen LogP contribution in [0.4, 0.5) is 0 Å². The number of fused-ring (bicyclic) bond motifs is 4. The van der Waals surface area contributed by atoms with Crippen molar-refractivity contribution < 1.29 is 0 Å². The summed E-state index contributed by atoms with van der Waals surface area (Å²) in [6, 6.07) is 27.0. The van der Waals surface area contributed by atoms with Crippen LogP contribution < -0.4 is 0 Å². The van der Waals surface area contributed by atoms with Crippen LogP contribution in [0.15, 0.2) is 84.0 Å². The Morgan fingerprint density at radius 3 is 2.44 bits per heavy atom. The van der Waals surface area contributed by atoms with Crippen molar-refractivity contribution in [3.63, 3.8) is 0 Å². The first kappa shape index (κ1) is 19.6. The van der Waals surface area contributed by atoms with Crippen LogP contribution >= 0.6 is 35.3 Å². The molecular weight excluding hydrogens is 455 g/mol. The number of aromatic nitrogens is 5. The van der Waals surface area contributed by atoms with Crippen molar-refractivity contribution in [2.24, 2.45) is 0 Å². The number of benzene rings is 3. The van der Waals surface area contributed by atoms with Gasteiger partial charge in [-0.15, -0.1) is 21.5 Å². The van der Waals surface area contributed by atoms with E-state index in [1.54, 1.807) is 23.1 Å². The molecule has 0 saturated heterocycles. The van der Waals surface area contributed by atoms with Crippen molar-refractivity contribution in [1.29, 1.82) is 0 Å². The third-order valence-electron chi connectivity index (χ3n) is 5.43. The number of hydrogen-bond donors (Lipinski definition) is 0. The molecule has 3 aromatic carbocycles. The van der Waals surface area contributed by atoms with Crippen LogP contribution in [0.1, 0.15) is 5.56 Å². The van der Waals surface area contributed by atoms with Crippen molar-refractivity contribution >= 4 is 67.6 Å². The van der Waals surface area contributed by atoms with E-state index in [-0.39, 0.29) is 0 Å². The molecule has 3 aromatic heterocycles. The van der Waals surface area contributed by atoms with E-state index >= 15 is 0 Å². The molecule has 0 unspecified atom stereocenters.